The molecule has 0 saturated heterocycles. The molecule has 0 bridgehead atoms. The van der Waals surface area contributed by atoms with Crippen LogP contribution in [0, 0.1) is 0 Å². The lowest BCUT2D eigenvalue weighted by molar-refractivity contribution is -0.140. The third-order valence-electron chi connectivity index (χ3n) is 3.76. The van der Waals surface area contributed by atoms with Gasteiger partial charge in [0.05, 0.1) is 0 Å². The van der Waals surface area contributed by atoms with Crippen LogP contribution in [0.1, 0.15) is 85.3 Å². The molecule has 22 heavy (non-hydrogen) atoms. The maximum Gasteiger partial charge on any atom is 0.320 e. The molecule has 0 unspecified atom stereocenters. The standard InChI is InChI=1S/C17H33NO4/c1-2-3-4-5-6-7-8-9-10-11-14-18-15(17(21)22)12-13-16(19)20/h15,18H,2-14H2,1H3,(H,19,20)(H,21,22)/t15-/m0/s1/i1D. The molecule has 0 radical (unpaired) electrons. The monoisotopic (exact) mass is 316 g/mol. The molecule has 0 fully saturated rings. The largest absolute Gasteiger partial charge is 0.481 e. The third-order valence-corrected chi connectivity index (χ3v) is 3.76. The zero-order valence-corrected chi connectivity index (χ0v) is 13.7. The third kappa shape index (κ3) is 13.9. The van der Waals surface area contributed by atoms with Gasteiger partial charge in [0.15, 0.2) is 0 Å². The normalized spacial score (nSPS) is 12.8. The van der Waals surface area contributed by atoms with Crippen LogP contribution in [0.15, 0.2) is 0 Å². The maximum absolute atomic E-state index is 11.0. The first kappa shape index (κ1) is 18.9. The fourth-order valence-electron chi connectivity index (χ4n) is 2.40. The Labute approximate surface area is 135 Å². The van der Waals surface area contributed by atoms with Crippen LogP contribution in [-0.4, -0.2) is 34.7 Å². The Morgan fingerprint density at radius 1 is 0.955 bits per heavy atom. The number of hydrogen-bond acceptors (Lipinski definition) is 3. The van der Waals surface area contributed by atoms with E-state index in [9.17, 15) is 9.59 Å². The molecular formula is C17H33NO4. The molecule has 1 atom stereocenters. The summed E-state index contributed by atoms with van der Waals surface area (Å²) in [6.45, 7) is 1.18. The molecule has 0 aromatic heterocycles. The molecule has 0 aliphatic rings. The van der Waals surface area contributed by atoms with E-state index in [1.807, 2.05) is 0 Å². The summed E-state index contributed by atoms with van der Waals surface area (Å²) in [5.74, 6) is -1.94. The average molecular weight is 316 g/mol. The van der Waals surface area contributed by atoms with Gasteiger partial charge in [0.2, 0.25) is 0 Å². The lowest BCUT2D eigenvalue weighted by atomic mass is 10.1. The van der Waals surface area contributed by atoms with Crippen LogP contribution < -0.4 is 5.32 Å². The zero-order chi connectivity index (χ0) is 17.3. The predicted molar refractivity (Wildman–Crippen MR) is 88.1 cm³/mol. The fourth-order valence-corrected chi connectivity index (χ4v) is 2.40. The molecule has 0 aliphatic carbocycles. The van der Waals surface area contributed by atoms with Crippen LogP contribution in [0.2, 0.25) is 0 Å². The van der Waals surface area contributed by atoms with Gasteiger partial charge in [-0.05, 0) is 19.4 Å². The van der Waals surface area contributed by atoms with Crippen molar-refractivity contribution in [3.8, 4) is 0 Å². The summed E-state index contributed by atoms with van der Waals surface area (Å²) < 4.78 is 7.06. The number of carbonyl (C=O) groups is 2. The molecule has 0 amide bonds. The number of unbranched alkanes of at least 4 members (excludes halogenated alkanes) is 9. The van der Waals surface area contributed by atoms with Gasteiger partial charge in [-0.25, -0.2) is 0 Å². The Hall–Kier alpha value is -1.10. The molecule has 5 nitrogen and oxygen atoms in total. The van der Waals surface area contributed by atoms with Gasteiger partial charge in [-0.15, -0.1) is 0 Å². The summed E-state index contributed by atoms with van der Waals surface area (Å²) in [5, 5.41) is 20.5. The molecule has 0 heterocycles. The lowest BCUT2D eigenvalue weighted by Gasteiger charge is -2.13. The quantitative estimate of drug-likeness (QED) is 0.377. The number of hydrogen-bond donors (Lipinski definition) is 3. The van der Waals surface area contributed by atoms with Gasteiger partial charge in [-0.2, -0.15) is 0 Å². The van der Waals surface area contributed by atoms with Crippen molar-refractivity contribution in [2.45, 2.75) is 90.0 Å². The summed E-state index contributed by atoms with van der Waals surface area (Å²) in [5.41, 5.74) is 0. The van der Waals surface area contributed by atoms with E-state index in [0.29, 0.717) is 13.4 Å². The molecule has 0 saturated carbocycles. The Bertz CT molecular complexity index is 313. The van der Waals surface area contributed by atoms with E-state index in [1.165, 1.54) is 44.9 Å². The lowest BCUT2D eigenvalue weighted by Crippen LogP contribution is -2.37. The Balaban J connectivity index is 3.39. The van der Waals surface area contributed by atoms with Crippen molar-refractivity contribution in [3.05, 3.63) is 0 Å². The number of rotatable bonds is 16. The van der Waals surface area contributed by atoms with E-state index in [2.05, 4.69) is 5.32 Å². The molecule has 5 heteroatoms. The molecule has 0 aromatic rings. The maximum atomic E-state index is 11.0. The van der Waals surface area contributed by atoms with Crippen LogP contribution in [0.25, 0.3) is 0 Å². The molecule has 130 valence electrons. The fraction of sp³-hybridized carbons (Fsp3) is 0.882. The first-order chi connectivity index (χ1) is 11.1. The Morgan fingerprint density at radius 3 is 2.00 bits per heavy atom. The van der Waals surface area contributed by atoms with Gasteiger partial charge in [-0.1, -0.05) is 64.7 Å². The Kier molecular flexibility index (Phi) is 12.8. The van der Waals surface area contributed by atoms with Crippen molar-refractivity contribution in [2.75, 3.05) is 6.54 Å². The first-order valence-electron chi connectivity index (χ1n) is 9.26. The van der Waals surface area contributed by atoms with Gasteiger partial charge < -0.3 is 15.5 Å². The van der Waals surface area contributed by atoms with E-state index in [-0.39, 0.29) is 12.8 Å². The first-order valence-corrected chi connectivity index (χ1v) is 8.55. The van der Waals surface area contributed by atoms with Crippen molar-refractivity contribution in [3.63, 3.8) is 0 Å². The van der Waals surface area contributed by atoms with Gasteiger partial charge in [0, 0.05) is 7.79 Å². The number of aliphatic carboxylic acids is 2. The highest BCUT2D eigenvalue weighted by Crippen LogP contribution is 2.10. The van der Waals surface area contributed by atoms with Gasteiger partial charge in [0.1, 0.15) is 6.04 Å². The highest BCUT2D eigenvalue weighted by molar-refractivity contribution is 5.75. The van der Waals surface area contributed by atoms with Gasteiger partial charge in [0.25, 0.3) is 0 Å². The van der Waals surface area contributed by atoms with Crippen molar-refractivity contribution < 1.29 is 21.2 Å². The highest BCUT2D eigenvalue weighted by Gasteiger charge is 2.17. The van der Waals surface area contributed by atoms with E-state index in [1.54, 1.807) is 0 Å². The second-order valence-electron chi connectivity index (χ2n) is 5.81. The summed E-state index contributed by atoms with van der Waals surface area (Å²) >= 11 is 0. The predicted octanol–water partition coefficient (Wildman–Crippen LogP) is 3.81. The molecule has 0 aliphatic heterocycles. The van der Waals surface area contributed by atoms with Crippen molar-refractivity contribution in [2.24, 2.45) is 0 Å². The number of carboxylic acids is 2. The summed E-state index contributed by atoms with van der Waals surface area (Å²) in [6, 6.07) is -0.755. The SMILES string of the molecule is [2H]CCCCCCCCCCCCN[C@@H](CCC(=O)O)C(=O)O. The smallest absolute Gasteiger partial charge is 0.320 e. The second-order valence-corrected chi connectivity index (χ2v) is 5.81. The summed E-state index contributed by atoms with van der Waals surface area (Å²) in [7, 11) is 0. The molecular weight excluding hydrogens is 282 g/mol. The topological polar surface area (TPSA) is 86.6 Å². The number of nitrogens with one attached hydrogen (secondary N) is 1. The van der Waals surface area contributed by atoms with E-state index in [4.69, 9.17) is 11.6 Å². The molecule has 0 rings (SSSR count). The minimum absolute atomic E-state index is 0.119. The van der Waals surface area contributed by atoms with Crippen LogP contribution in [0.4, 0.5) is 0 Å². The zero-order valence-electron chi connectivity index (χ0n) is 14.7. The van der Waals surface area contributed by atoms with Crippen molar-refractivity contribution in [1.29, 1.82) is 0 Å². The van der Waals surface area contributed by atoms with Gasteiger partial charge >= 0.3 is 11.9 Å². The Morgan fingerprint density at radius 2 is 1.50 bits per heavy atom. The second kappa shape index (κ2) is 14.8. The summed E-state index contributed by atoms with van der Waals surface area (Å²) in [6.07, 6.45) is 11.7. The van der Waals surface area contributed by atoms with E-state index < -0.39 is 18.0 Å². The van der Waals surface area contributed by atoms with Crippen molar-refractivity contribution >= 4 is 11.9 Å². The van der Waals surface area contributed by atoms with Crippen LogP contribution in [0.3, 0.4) is 0 Å². The van der Waals surface area contributed by atoms with Crippen LogP contribution in [-0.2, 0) is 9.59 Å². The van der Waals surface area contributed by atoms with E-state index in [0.717, 1.165) is 19.3 Å². The molecule has 3 N–H and O–H groups in total. The number of carboxylic acid groups (broad SMARTS) is 2. The summed E-state index contributed by atoms with van der Waals surface area (Å²) in [4.78, 5) is 21.5. The minimum Gasteiger partial charge on any atom is -0.481 e. The molecule has 0 spiro atoms. The highest BCUT2D eigenvalue weighted by atomic mass is 16.4. The van der Waals surface area contributed by atoms with Crippen LogP contribution >= 0.6 is 0 Å². The van der Waals surface area contributed by atoms with Crippen LogP contribution in [0.5, 0.6) is 0 Å². The van der Waals surface area contributed by atoms with Gasteiger partial charge in [-0.3, -0.25) is 9.59 Å². The molecule has 0 aromatic carbocycles. The minimum atomic E-state index is -0.975. The average Bonchev–Trinajstić information content (AvgIpc) is 2.50. The van der Waals surface area contributed by atoms with Crippen molar-refractivity contribution in [1.82, 2.24) is 5.32 Å². The van der Waals surface area contributed by atoms with E-state index >= 15 is 0 Å².